The van der Waals surface area contributed by atoms with Gasteiger partial charge in [0, 0.05) is 17.4 Å². The van der Waals surface area contributed by atoms with Crippen LogP contribution < -0.4 is 16.2 Å². The fourth-order valence-electron chi connectivity index (χ4n) is 3.17. The van der Waals surface area contributed by atoms with Crippen LogP contribution in [0, 0.1) is 0 Å². The molecule has 0 saturated heterocycles. The van der Waals surface area contributed by atoms with Gasteiger partial charge in [-0.25, -0.2) is 13.1 Å². The lowest BCUT2D eigenvalue weighted by atomic mass is 9.86. The molecule has 3 rings (SSSR count). The summed E-state index contributed by atoms with van der Waals surface area (Å²) in [6, 6.07) is 4.22. The Bertz CT molecular complexity index is 909. The highest BCUT2D eigenvalue weighted by atomic mass is 32.2. The van der Waals surface area contributed by atoms with Crippen LogP contribution in [0.4, 0.5) is 11.4 Å². The number of nitrogens with one attached hydrogen (secondary N) is 1. The summed E-state index contributed by atoms with van der Waals surface area (Å²) in [4.78, 5) is 0.128. The number of nitrogen functional groups attached to an aromatic ring is 2. The molecule has 0 spiro atoms. The van der Waals surface area contributed by atoms with Crippen LogP contribution in [0.15, 0.2) is 27.5 Å². The number of hydrogen-bond acceptors (Lipinski definition) is 7. The molecular formula is C18H27N5O3S. The molecule has 27 heavy (non-hydrogen) atoms. The Balaban J connectivity index is 1.62. The second-order valence-electron chi connectivity index (χ2n) is 8.16. The molecular weight excluding hydrogens is 366 g/mol. The lowest BCUT2D eigenvalue weighted by Gasteiger charge is -2.27. The fourth-order valence-corrected chi connectivity index (χ4v) is 4.51. The molecule has 2 aromatic rings. The monoisotopic (exact) mass is 393 g/mol. The van der Waals surface area contributed by atoms with E-state index in [1.807, 2.05) is 20.8 Å². The van der Waals surface area contributed by atoms with Gasteiger partial charge in [0.1, 0.15) is 0 Å². The number of rotatable bonds is 4. The van der Waals surface area contributed by atoms with E-state index in [1.165, 1.54) is 18.2 Å². The van der Waals surface area contributed by atoms with Crippen molar-refractivity contribution in [3.8, 4) is 0 Å². The van der Waals surface area contributed by atoms with Crippen molar-refractivity contribution in [2.75, 3.05) is 11.5 Å². The van der Waals surface area contributed by atoms with Crippen LogP contribution in [-0.2, 0) is 15.4 Å². The molecule has 0 atom stereocenters. The minimum absolute atomic E-state index is 0.128. The van der Waals surface area contributed by atoms with Gasteiger partial charge in [0.15, 0.2) is 0 Å². The molecule has 1 aliphatic carbocycles. The van der Waals surface area contributed by atoms with Crippen molar-refractivity contribution in [1.29, 1.82) is 0 Å². The number of nitrogens with two attached hydrogens (primary N) is 2. The molecule has 148 valence electrons. The van der Waals surface area contributed by atoms with Gasteiger partial charge in [-0.3, -0.25) is 0 Å². The number of hydrogen-bond donors (Lipinski definition) is 3. The van der Waals surface area contributed by atoms with E-state index in [2.05, 4.69) is 14.9 Å². The van der Waals surface area contributed by atoms with E-state index < -0.39 is 10.0 Å². The fraction of sp³-hybridized carbons (Fsp3) is 0.556. The summed E-state index contributed by atoms with van der Waals surface area (Å²) in [5, 5.41) is 8.34. The third-order valence-electron chi connectivity index (χ3n) is 4.85. The van der Waals surface area contributed by atoms with Crippen molar-refractivity contribution in [2.45, 2.75) is 68.7 Å². The van der Waals surface area contributed by atoms with E-state index in [0.717, 1.165) is 12.8 Å². The van der Waals surface area contributed by atoms with E-state index in [9.17, 15) is 8.42 Å². The Morgan fingerprint density at radius 3 is 2.30 bits per heavy atom. The lowest BCUT2D eigenvalue weighted by Crippen LogP contribution is -2.37. The first-order valence-corrected chi connectivity index (χ1v) is 10.6. The Morgan fingerprint density at radius 2 is 1.74 bits per heavy atom. The summed E-state index contributed by atoms with van der Waals surface area (Å²) in [5.74, 6) is 1.44. The first-order chi connectivity index (χ1) is 12.6. The van der Waals surface area contributed by atoms with Gasteiger partial charge in [0.25, 0.3) is 0 Å². The van der Waals surface area contributed by atoms with E-state index in [-0.39, 0.29) is 28.0 Å². The van der Waals surface area contributed by atoms with Gasteiger partial charge >= 0.3 is 0 Å². The molecule has 1 aliphatic rings. The maximum Gasteiger partial charge on any atom is 0.240 e. The Kier molecular flexibility index (Phi) is 5.18. The molecule has 0 amide bonds. The molecule has 1 aromatic carbocycles. The Labute approximate surface area is 159 Å². The van der Waals surface area contributed by atoms with Gasteiger partial charge in [0.05, 0.1) is 16.3 Å². The minimum atomic E-state index is -3.63. The third kappa shape index (κ3) is 4.41. The molecule has 5 N–H and O–H groups in total. The summed E-state index contributed by atoms with van der Waals surface area (Å²) in [6.07, 6.45) is 3.01. The van der Waals surface area contributed by atoms with E-state index in [1.54, 1.807) is 0 Å². The normalized spacial score (nSPS) is 21.3. The summed E-state index contributed by atoms with van der Waals surface area (Å²) in [5.41, 5.74) is 11.8. The number of aromatic nitrogens is 2. The average Bonchev–Trinajstić information content (AvgIpc) is 3.08. The highest BCUT2D eigenvalue weighted by Gasteiger charge is 2.30. The molecule has 0 bridgehead atoms. The topological polar surface area (TPSA) is 137 Å². The van der Waals surface area contributed by atoms with Crippen LogP contribution in [0.2, 0.25) is 0 Å². The van der Waals surface area contributed by atoms with Crippen molar-refractivity contribution in [1.82, 2.24) is 14.9 Å². The molecule has 1 fully saturated rings. The lowest BCUT2D eigenvalue weighted by molar-refractivity contribution is 0.304. The summed E-state index contributed by atoms with van der Waals surface area (Å²) >= 11 is 0. The van der Waals surface area contributed by atoms with Gasteiger partial charge in [0.2, 0.25) is 21.8 Å². The summed E-state index contributed by atoms with van der Waals surface area (Å²) in [6.45, 7) is 6.08. The van der Waals surface area contributed by atoms with E-state index >= 15 is 0 Å². The standard InChI is InChI=1S/C18H27N5O3S/c1-18(2,3)17-22-21-16(26-17)11-4-6-12(7-5-11)23-27(24,25)13-8-9-14(19)15(20)10-13/h8-12,23H,4-7,19-20H2,1-3H3/t11-,12-. The SMILES string of the molecule is CC(C)(C)c1nnc([C@H]2CC[C@H](NS(=O)(=O)c3ccc(N)c(N)c3)CC2)o1. The van der Waals surface area contributed by atoms with Crippen LogP contribution in [0.5, 0.6) is 0 Å². The van der Waals surface area contributed by atoms with Crippen LogP contribution in [0.3, 0.4) is 0 Å². The number of benzene rings is 1. The molecule has 0 aliphatic heterocycles. The van der Waals surface area contributed by atoms with Gasteiger partial charge in [-0.1, -0.05) is 20.8 Å². The van der Waals surface area contributed by atoms with Crippen molar-refractivity contribution in [2.24, 2.45) is 0 Å². The molecule has 1 saturated carbocycles. The van der Waals surface area contributed by atoms with Crippen LogP contribution in [0.25, 0.3) is 0 Å². The summed E-state index contributed by atoms with van der Waals surface area (Å²) < 4.78 is 33.8. The van der Waals surface area contributed by atoms with E-state index in [0.29, 0.717) is 30.3 Å². The van der Waals surface area contributed by atoms with E-state index in [4.69, 9.17) is 15.9 Å². The van der Waals surface area contributed by atoms with Crippen molar-refractivity contribution in [3.05, 3.63) is 30.0 Å². The molecule has 1 aromatic heterocycles. The van der Waals surface area contributed by atoms with Crippen LogP contribution >= 0.6 is 0 Å². The quantitative estimate of drug-likeness (QED) is 0.679. The number of anilines is 2. The zero-order valence-electron chi connectivity index (χ0n) is 15.9. The van der Waals surface area contributed by atoms with Crippen molar-refractivity contribution >= 4 is 21.4 Å². The van der Waals surface area contributed by atoms with Crippen LogP contribution in [-0.4, -0.2) is 24.7 Å². The smallest absolute Gasteiger partial charge is 0.240 e. The Hall–Kier alpha value is -2.13. The second kappa shape index (κ2) is 7.12. The molecule has 8 nitrogen and oxygen atoms in total. The first-order valence-electron chi connectivity index (χ1n) is 9.07. The largest absolute Gasteiger partial charge is 0.424 e. The number of nitrogens with zero attached hydrogens (tertiary/aromatic N) is 2. The summed E-state index contributed by atoms with van der Waals surface area (Å²) in [7, 11) is -3.63. The highest BCUT2D eigenvalue weighted by Crippen LogP contribution is 2.34. The molecule has 9 heteroatoms. The van der Waals surface area contributed by atoms with Gasteiger partial charge < -0.3 is 15.9 Å². The zero-order chi connectivity index (χ0) is 19.8. The third-order valence-corrected chi connectivity index (χ3v) is 6.37. The molecule has 0 unspecified atom stereocenters. The maximum atomic E-state index is 12.6. The number of sulfonamides is 1. The second-order valence-corrected chi connectivity index (χ2v) is 9.87. The van der Waals surface area contributed by atoms with Crippen molar-refractivity contribution < 1.29 is 12.8 Å². The maximum absolute atomic E-state index is 12.6. The first kappa shape index (κ1) is 19.6. The minimum Gasteiger partial charge on any atom is -0.424 e. The zero-order valence-corrected chi connectivity index (χ0v) is 16.7. The molecule has 0 radical (unpaired) electrons. The van der Waals surface area contributed by atoms with Crippen LogP contribution in [0.1, 0.15) is 64.2 Å². The van der Waals surface area contributed by atoms with Crippen molar-refractivity contribution in [3.63, 3.8) is 0 Å². The predicted octanol–water partition coefficient (Wildman–Crippen LogP) is 2.54. The highest BCUT2D eigenvalue weighted by molar-refractivity contribution is 7.89. The van der Waals surface area contributed by atoms with Gasteiger partial charge in [-0.15, -0.1) is 10.2 Å². The average molecular weight is 394 g/mol. The van der Waals surface area contributed by atoms with Gasteiger partial charge in [-0.2, -0.15) is 0 Å². The predicted molar refractivity (Wildman–Crippen MR) is 104 cm³/mol. The van der Waals surface area contributed by atoms with Gasteiger partial charge in [-0.05, 0) is 43.9 Å². The Morgan fingerprint density at radius 1 is 1.07 bits per heavy atom. The molecule has 1 heterocycles.